The molecular formula is C56H92O6. The minimum absolute atomic E-state index is 0.105. The van der Waals surface area contributed by atoms with Gasteiger partial charge in [0.15, 0.2) is 6.10 Å². The van der Waals surface area contributed by atoms with Gasteiger partial charge >= 0.3 is 17.9 Å². The first-order valence-electron chi connectivity index (χ1n) is 25.3. The van der Waals surface area contributed by atoms with E-state index in [0.717, 1.165) is 109 Å². The molecule has 1 unspecified atom stereocenters. The summed E-state index contributed by atoms with van der Waals surface area (Å²) in [4.78, 5) is 37.9. The summed E-state index contributed by atoms with van der Waals surface area (Å²) in [6.45, 7) is 6.45. The minimum Gasteiger partial charge on any atom is -0.462 e. The van der Waals surface area contributed by atoms with Gasteiger partial charge in [-0.2, -0.15) is 0 Å². The normalized spacial score (nSPS) is 12.9. The summed E-state index contributed by atoms with van der Waals surface area (Å²) in [6, 6.07) is 0. The molecule has 0 aliphatic carbocycles. The van der Waals surface area contributed by atoms with Crippen LogP contribution in [0.25, 0.3) is 0 Å². The van der Waals surface area contributed by atoms with Crippen molar-refractivity contribution in [2.45, 2.75) is 226 Å². The molecule has 0 aromatic rings. The predicted molar refractivity (Wildman–Crippen MR) is 265 cm³/mol. The number of ether oxygens (including phenoxy) is 3. The molecule has 0 rings (SSSR count). The van der Waals surface area contributed by atoms with Crippen molar-refractivity contribution in [3.8, 4) is 0 Å². The second-order valence-electron chi connectivity index (χ2n) is 16.5. The highest BCUT2D eigenvalue weighted by atomic mass is 16.6. The van der Waals surface area contributed by atoms with Crippen LogP contribution in [0.4, 0.5) is 0 Å². The zero-order chi connectivity index (χ0) is 45.1. The molecule has 1 atom stereocenters. The lowest BCUT2D eigenvalue weighted by Gasteiger charge is -2.18. The Morgan fingerprint density at radius 2 is 0.597 bits per heavy atom. The predicted octanol–water partition coefficient (Wildman–Crippen LogP) is 16.6. The summed E-state index contributed by atoms with van der Waals surface area (Å²) >= 11 is 0. The maximum Gasteiger partial charge on any atom is 0.306 e. The van der Waals surface area contributed by atoms with Crippen molar-refractivity contribution in [1.82, 2.24) is 0 Å². The van der Waals surface area contributed by atoms with E-state index in [1.807, 2.05) is 0 Å². The SMILES string of the molecule is CCCC/C=C\C=C/CCCCCC(=O)OCC(COC(=O)CCCCCCC\C=C/C=C\C=C/C=C\CCCCC)OC(=O)CCCCCCCC/C=C\C=C/CCCCC. The van der Waals surface area contributed by atoms with Gasteiger partial charge in [0.1, 0.15) is 13.2 Å². The van der Waals surface area contributed by atoms with Crippen LogP contribution in [0.2, 0.25) is 0 Å². The topological polar surface area (TPSA) is 78.9 Å². The van der Waals surface area contributed by atoms with E-state index < -0.39 is 6.10 Å². The average molecular weight is 861 g/mol. The van der Waals surface area contributed by atoms with Gasteiger partial charge in [-0.1, -0.05) is 208 Å². The molecule has 0 spiro atoms. The Morgan fingerprint density at radius 3 is 0.984 bits per heavy atom. The molecule has 6 heteroatoms. The fourth-order valence-corrected chi connectivity index (χ4v) is 6.54. The van der Waals surface area contributed by atoms with Crippen LogP contribution in [0.3, 0.4) is 0 Å². The van der Waals surface area contributed by atoms with E-state index in [4.69, 9.17) is 14.2 Å². The number of hydrogen-bond acceptors (Lipinski definition) is 6. The van der Waals surface area contributed by atoms with Crippen LogP contribution in [0, 0.1) is 0 Å². The maximum atomic E-state index is 12.8. The molecule has 352 valence electrons. The van der Waals surface area contributed by atoms with Crippen molar-refractivity contribution in [2.75, 3.05) is 13.2 Å². The highest BCUT2D eigenvalue weighted by molar-refractivity contribution is 5.71. The molecule has 0 aliphatic heterocycles. The first-order chi connectivity index (χ1) is 30.5. The van der Waals surface area contributed by atoms with Gasteiger partial charge in [0, 0.05) is 19.3 Å². The summed E-state index contributed by atoms with van der Waals surface area (Å²) in [7, 11) is 0. The van der Waals surface area contributed by atoms with Crippen LogP contribution in [-0.4, -0.2) is 37.2 Å². The highest BCUT2D eigenvalue weighted by Crippen LogP contribution is 2.13. The van der Waals surface area contributed by atoms with Crippen molar-refractivity contribution in [1.29, 1.82) is 0 Å². The Morgan fingerprint density at radius 1 is 0.323 bits per heavy atom. The fourth-order valence-electron chi connectivity index (χ4n) is 6.54. The van der Waals surface area contributed by atoms with Crippen LogP contribution >= 0.6 is 0 Å². The van der Waals surface area contributed by atoms with Gasteiger partial charge in [-0.25, -0.2) is 0 Å². The van der Waals surface area contributed by atoms with Gasteiger partial charge in [-0.05, 0) is 89.9 Å². The Kier molecular flexibility index (Phi) is 47.0. The van der Waals surface area contributed by atoms with Crippen molar-refractivity contribution < 1.29 is 28.6 Å². The second kappa shape index (κ2) is 50.0. The van der Waals surface area contributed by atoms with Crippen LogP contribution in [0.1, 0.15) is 220 Å². The van der Waals surface area contributed by atoms with E-state index in [2.05, 4.69) is 118 Å². The van der Waals surface area contributed by atoms with Crippen LogP contribution in [0.15, 0.2) is 97.2 Å². The molecule has 0 heterocycles. The molecule has 0 N–H and O–H groups in total. The van der Waals surface area contributed by atoms with Gasteiger partial charge in [-0.3, -0.25) is 14.4 Å². The number of allylic oxidation sites excluding steroid dienone is 16. The largest absolute Gasteiger partial charge is 0.462 e. The molecule has 6 nitrogen and oxygen atoms in total. The van der Waals surface area contributed by atoms with Crippen molar-refractivity contribution in [2.24, 2.45) is 0 Å². The lowest BCUT2D eigenvalue weighted by atomic mass is 10.1. The van der Waals surface area contributed by atoms with Gasteiger partial charge in [-0.15, -0.1) is 0 Å². The summed E-state index contributed by atoms with van der Waals surface area (Å²) in [5.41, 5.74) is 0. The van der Waals surface area contributed by atoms with E-state index in [0.29, 0.717) is 19.3 Å². The molecule has 0 aromatic heterocycles. The lowest BCUT2D eigenvalue weighted by Crippen LogP contribution is -2.30. The number of hydrogen-bond donors (Lipinski definition) is 0. The Bertz CT molecular complexity index is 1260. The van der Waals surface area contributed by atoms with Crippen molar-refractivity contribution >= 4 is 17.9 Å². The van der Waals surface area contributed by atoms with E-state index in [1.165, 1.54) is 70.6 Å². The molecular weight excluding hydrogens is 769 g/mol. The van der Waals surface area contributed by atoms with Crippen molar-refractivity contribution in [3.05, 3.63) is 97.2 Å². The first kappa shape index (κ1) is 58.3. The number of rotatable bonds is 44. The Hall–Kier alpha value is -3.67. The molecule has 0 aromatic carbocycles. The molecule has 0 bridgehead atoms. The van der Waals surface area contributed by atoms with Crippen LogP contribution in [-0.2, 0) is 28.6 Å². The van der Waals surface area contributed by atoms with Gasteiger partial charge in [0.2, 0.25) is 0 Å². The Balaban J connectivity index is 4.48. The fraction of sp³-hybridized carbons (Fsp3) is 0.661. The van der Waals surface area contributed by atoms with Crippen LogP contribution < -0.4 is 0 Å². The number of carbonyl (C=O) groups excluding carboxylic acids is 3. The summed E-state index contributed by atoms with van der Waals surface area (Å²) < 4.78 is 16.7. The summed E-state index contributed by atoms with van der Waals surface area (Å²) in [5, 5.41) is 0. The maximum absolute atomic E-state index is 12.8. The van der Waals surface area contributed by atoms with Crippen LogP contribution in [0.5, 0.6) is 0 Å². The smallest absolute Gasteiger partial charge is 0.306 e. The molecule has 0 amide bonds. The molecule has 0 aliphatic rings. The molecule has 62 heavy (non-hydrogen) atoms. The highest BCUT2D eigenvalue weighted by Gasteiger charge is 2.19. The van der Waals surface area contributed by atoms with Gasteiger partial charge < -0.3 is 14.2 Å². The Labute approximate surface area is 381 Å². The number of carbonyl (C=O) groups is 3. The molecule has 0 saturated carbocycles. The average Bonchev–Trinajstić information content (AvgIpc) is 3.27. The van der Waals surface area contributed by atoms with Gasteiger partial charge in [0.05, 0.1) is 0 Å². The zero-order valence-corrected chi connectivity index (χ0v) is 40.1. The summed E-state index contributed by atoms with van der Waals surface area (Å²) in [5.74, 6) is -0.971. The number of unbranched alkanes of at least 4 members (excludes halogenated alkanes) is 22. The second-order valence-corrected chi connectivity index (χ2v) is 16.5. The third-order valence-corrected chi connectivity index (χ3v) is 10.4. The summed E-state index contributed by atoms with van der Waals surface area (Å²) in [6.07, 6.45) is 65.2. The van der Waals surface area contributed by atoms with Gasteiger partial charge in [0.25, 0.3) is 0 Å². The third kappa shape index (κ3) is 47.4. The standard InChI is InChI=1S/C56H92O6/c1-4-7-10-13-16-19-22-24-26-27-28-30-31-34-37-40-43-46-49-55(58)61-52-53(51-60-54(57)48-45-42-39-36-33-21-18-15-12-9-6-3)62-56(59)50-47-44-41-38-35-32-29-25-23-20-17-14-11-8-5-2/h15-28,30,33,53H,4-14,29,31-32,34-52H2,1-3H3/b18-15-,19-16-,20-17-,24-22-,25-23-,27-26-,30-28-,33-21-. The molecule has 0 fully saturated rings. The van der Waals surface area contributed by atoms with E-state index in [9.17, 15) is 14.4 Å². The van der Waals surface area contributed by atoms with E-state index in [1.54, 1.807) is 0 Å². The first-order valence-corrected chi connectivity index (χ1v) is 25.3. The monoisotopic (exact) mass is 861 g/mol. The minimum atomic E-state index is -0.804. The van der Waals surface area contributed by atoms with Crippen molar-refractivity contribution in [3.63, 3.8) is 0 Å². The number of esters is 3. The van der Waals surface area contributed by atoms with E-state index >= 15 is 0 Å². The lowest BCUT2D eigenvalue weighted by molar-refractivity contribution is -0.167. The molecule has 0 saturated heterocycles. The zero-order valence-electron chi connectivity index (χ0n) is 40.1. The third-order valence-electron chi connectivity index (χ3n) is 10.4. The quantitative estimate of drug-likeness (QED) is 0.0263. The van der Waals surface area contributed by atoms with E-state index in [-0.39, 0.29) is 31.1 Å². The molecule has 0 radical (unpaired) electrons.